The van der Waals surface area contributed by atoms with E-state index >= 15 is 0 Å². The minimum Gasteiger partial charge on any atom is -0.377 e. The fourth-order valence-corrected chi connectivity index (χ4v) is 2.91. The van der Waals surface area contributed by atoms with Crippen LogP contribution < -0.4 is 5.32 Å². The maximum absolute atomic E-state index is 4.49. The zero-order chi connectivity index (χ0) is 13.8. The predicted octanol–water partition coefficient (Wildman–Crippen LogP) is 3.64. The lowest BCUT2D eigenvalue weighted by molar-refractivity contribution is 0.467. The van der Waals surface area contributed by atoms with Crippen LogP contribution in [-0.2, 0) is 13.1 Å². The van der Waals surface area contributed by atoms with Gasteiger partial charge in [-0.3, -0.25) is 9.36 Å². The fourth-order valence-electron chi connectivity index (χ4n) is 2.91. The molecule has 0 spiro atoms. The molecule has 2 heterocycles. The van der Waals surface area contributed by atoms with Gasteiger partial charge in [0.15, 0.2) is 0 Å². The van der Waals surface area contributed by atoms with Crippen LogP contribution >= 0.6 is 12.4 Å². The summed E-state index contributed by atoms with van der Waals surface area (Å²) in [7, 11) is 0. The molecular weight excluding hydrogens is 286 g/mol. The second-order valence-electron chi connectivity index (χ2n) is 5.55. The van der Waals surface area contributed by atoms with Crippen molar-refractivity contribution in [1.29, 1.82) is 0 Å². The largest absolute Gasteiger partial charge is 0.377 e. The van der Waals surface area contributed by atoms with Gasteiger partial charge in [-0.15, -0.1) is 12.4 Å². The van der Waals surface area contributed by atoms with E-state index in [1.807, 2.05) is 12.4 Å². The molecular formula is C15H24ClN5. The summed E-state index contributed by atoms with van der Waals surface area (Å²) in [6, 6.07) is 2.68. The highest BCUT2D eigenvalue weighted by atomic mass is 35.5. The molecule has 0 atom stereocenters. The zero-order valence-corrected chi connectivity index (χ0v) is 13.4. The Kier molecular flexibility index (Phi) is 5.67. The van der Waals surface area contributed by atoms with Crippen molar-refractivity contribution in [3.8, 4) is 0 Å². The molecule has 0 aromatic carbocycles. The van der Waals surface area contributed by atoms with E-state index in [0.29, 0.717) is 6.04 Å². The summed E-state index contributed by atoms with van der Waals surface area (Å²) in [4.78, 5) is 0. The highest BCUT2D eigenvalue weighted by Crippen LogP contribution is 2.29. The first-order valence-corrected chi connectivity index (χ1v) is 7.65. The average Bonchev–Trinajstić information content (AvgIpc) is 3.18. The molecule has 0 unspecified atom stereocenters. The molecule has 5 nitrogen and oxygen atoms in total. The zero-order valence-electron chi connectivity index (χ0n) is 12.5. The Bertz CT molecular complexity index is 542. The van der Waals surface area contributed by atoms with E-state index in [1.54, 1.807) is 0 Å². The number of hydrogen-bond donors (Lipinski definition) is 1. The van der Waals surface area contributed by atoms with Gasteiger partial charge in [0.2, 0.25) is 0 Å². The summed E-state index contributed by atoms with van der Waals surface area (Å²) >= 11 is 0. The van der Waals surface area contributed by atoms with E-state index in [1.165, 1.54) is 31.4 Å². The first-order valence-electron chi connectivity index (χ1n) is 7.65. The minimum atomic E-state index is 0. The average molecular weight is 310 g/mol. The Balaban J connectivity index is 0.00000161. The van der Waals surface area contributed by atoms with Crippen molar-refractivity contribution in [2.75, 3.05) is 5.32 Å². The van der Waals surface area contributed by atoms with Crippen molar-refractivity contribution < 1.29 is 0 Å². The normalized spacial score (nSPS) is 15.1. The van der Waals surface area contributed by atoms with Crippen LogP contribution in [0.5, 0.6) is 0 Å². The number of aryl methyl sites for hydroxylation is 1. The number of nitrogens with zero attached hydrogens (tertiary/aromatic N) is 4. The van der Waals surface area contributed by atoms with Crippen molar-refractivity contribution in [1.82, 2.24) is 19.6 Å². The molecule has 6 heteroatoms. The van der Waals surface area contributed by atoms with E-state index in [-0.39, 0.29) is 12.4 Å². The molecule has 0 aliphatic heterocycles. The molecule has 0 bridgehead atoms. The van der Waals surface area contributed by atoms with Gasteiger partial charge in [0.1, 0.15) is 0 Å². The molecule has 0 amide bonds. The second-order valence-corrected chi connectivity index (χ2v) is 5.55. The topological polar surface area (TPSA) is 47.7 Å². The molecule has 1 aliphatic rings. The van der Waals surface area contributed by atoms with E-state index in [9.17, 15) is 0 Å². The van der Waals surface area contributed by atoms with Crippen LogP contribution in [0, 0.1) is 0 Å². The number of aromatic nitrogens is 4. The van der Waals surface area contributed by atoms with Crippen LogP contribution in [0.2, 0.25) is 0 Å². The smallest absolute Gasteiger partial charge is 0.0729 e. The summed E-state index contributed by atoms with van der Waals surface area (Å²) in [5.41, 5.74) is 2.32. The maximum Gasteiger partial charge on any atom is 0.0729 e. The quantitative estimate of drug-likeness (QED) is 0.886. The van der Waals surface area contributed by atoms with Crippen molar-refractivity contribution in [3.05, 3.63) is 30.4 Å². The van der Waals surface area contributed by atoms with Crippen LogP contribution in [0.1, 0.15) is 50.8 Å². The number of rotatable bonds is 6. The van der Waals surface area contributed by atoms with Crippen molar-refractivity contribution in [2.45, 2.75) is 58.2 Å². The Morgan fingerprint density at radius 2 is 2.10 bits per heavy atom. The molecule has 1 fully saturated rings. The van der Waals surface area contributed by atoms with Gasteiger partial charge in [0.05, 0.1) is 30.2 Å². The molecule has 2 aromatic heterocycles. The van der Waals surface area contributed by atoms with Gasteiger partial charge in [0.25, 0.3) is 0 Å². The predicted molar refractivity (Wildman–Crippen MR) is 86.8 cm³/mol. The lowest BCUT2D eigenvalue weighted by Gasteiger charge is -2.09. The maximum atomic E-state index is 4.49. The highest BCUT2D eigenvalue weighted by molar-refractivity contribution is 5.85. The number of anilines is 1. The first-order chi connectivity index (χ1) is 9.86. The monoisotopic (exact) mass is 309 g/mol. The molecule has 2 aromatic rings. The van der Waals surface area contributed by atoms with E-state index in [2.05, 4.69) is 44.1 Å². The number of hydrogen-bond acceptors (Lipinski definition) is 3. The summed E-state index contributed by atoms with van der Waals surface area (Å²) < 4.78 is 4.19. The third-order valence-electron chi connectivity index (χ3n) is 4.01. The Labute approximate surface area is 132 Å². The molecule has 1 N–H and O–H groups in total. The second kappa shape index (κ2) is 7.50. The van der Waals surface area contributed by atoms with Crippen molar-refractivity contribution in [3.63, 3.8) is 0 Å². The lowest BCUT2D eigenvalue weighted by atomic mass is 10.3. The first kappa shape index (κ1) is 15.9. The number of nitrogens with one attached hydrogen (secondary N) is 1. The summed E-state index contributed by atoms with van der Waals surface area (Å²) in [6.45, 7) is 3.95. The SMILES string of the molecule is CCCn1nccc1CNc1cnn(C2CCCC2)c1.Cl. The molecule has 116 valence electrons. The van der Waals surface area contributed by atoms with Gasteiger partial charge in [-0.25, -0.2) is 0 Å². The summed E-state index contributed by atoms with van der Waals surface area (Å²) in [5, 5.41) is 12.3. The van der Waals surface area contributed by atoms with Crippen molar-refractivity contribution in [2.24, 2.45) is 0 Å². The van der Waals surface area contributed by atoms with Crippen LogP contribution in [0.4, 0.5) is 5.69 Å². The van der Waals surface area contributed by atoms with E-state index in [0.717, 1.165) is 25.2 Å². The molecule has 0 saturated heterocycles. The van der Waals surface area contributed by atoms with Crippen molar-refractivity contribution >= 4 is 18.1 Å². The molecule has 21 heavy (non-hydrogen) atoms. The molecule has 1 saturated carbocycles. The van der Waals surface area contributed by atoms with Crippen LogP contribution in [0.15, 0.2) is 24.7 Å². The van der Waals surface area contributed by atoms with Gasteiger partial charge >= 0.3 is 0 Å². The number of halogens is 1. The third kappa shape index (κ3) is 3.79. The summed E-state index contributed by atoms with van der Waals surface area (Å²) in [5.74, 6) is 0. The van der Waals surface area contributed by atoms with Crippen LogP contribution in [0.3, 0.4) is 0 Å². The van der Waals surface area contributed by atoms with Crippen LogP contribution in [0.25, 0.3) is 0 Å². The van der Waals surface area contributed by atoms with E-state index in [4.69, 9.17) is 0 Å². The Hall–Kier alpha value is -1.49. The lowest BCUT2D eigenvalue weighted by Crippen LogP contribution is -2.08. The molecule has 0 radical (unpaired) electrons. The Morgan fingerprint density at radius 3 is 2.86 bits per heavy atom. The summed E-state index contributed by atoms with van der Waals surface area (Å²) in [6.07, 6.45) is 12.3. The van der Waals surface area contributed by atoms with Gasteiger partial charge in [0, 0.05) is 18.9 Å². The fraction of sp³-hybridized carbons (Fsp3) is 0.600. The molecule has 3 rings (SSSR count). The van der Waals surface area contributed by atoms with Gasteiger partial charge in [-0.05, 0) is 25.3 Å². The highest BCUT2D eigenvalue weighted by Gasteiger charge is 2.17. The van der Waals surface area contributed by atoms with Gasteiger partial charge < -0.3 is 5.32 Å². The van der Waals surface area contributed by atoms with Crippen LogP contribution in [-0.4, -0.2) is 19.6 Å². The van der Waals surface area contributed by atoms with Gasteiger partial charge in [-0.2, -0.15) is 10.2 Å². The standard InChI is InChI=1S/C15H23N5.ClH/c1-2-9-19-15(7-8-17-19)11-16-13-10-18-20(12-13)14-5-3-4-6-14;/h7-8,10,12,14,16H,2-6,9,11H2,1H3;1H. The Morgan fingerprint density at radius 1 is 1.29 bits per heavy atom. The van der Waals surface area contributed by atoms with E-state index < -0.39 is 0 Å². The minimum absolute atomic E-state index is 0. The third-order valence-corrected chi connectivity index (χ3v) is 4.01. The molecule has 1 aliphatic carbocycles. The van der Waals surface area contributed by atoms with Gasteiger partial charge in [-0.1, -0.05) is 19.8 Å².